The van der Waals surface area contributed by atoms with Gasteiger partial charge in [0, 0.05) is 11.0 Å². The number of carboxylic acid groups (broad SMARTS) is 1. The number of hydrogen-bond acceptors (Lipinski definition) is 5. The van der Waals surface area contributed by atoms with Crippen LogP contribution in [0.2, 0.25) is 0 Å². The normalized spacial score (nSPS) is 16.6. The van der Waals surface area contributed by atoms with Gasteiger partial charge in [0.25, 0.3) is 0 Å². The van der Waals surface area contributed by atoms with E-state index < -0.39 is 18.1 Å². The number of fused-ring (bicyclic) bond motifs is 1. The molecule has 1 aromatic carbocycles. The van der Waals surface area contributed by atoms with Gasteiger partial charge in [-0.15, -0.1) is 0 Å². The highest BCUT2D eigenvalue weighted by Gasteiger charge is 2.27. The minimum absolute atomic E-state index is 0.290. The zero-order valence-electron chi connectivity index (χ0n) is 13.5. The summed E-state index contributed by atoms with van der Waals surface area (Å²) in [6, 6.07) is 6.99. The maximum Gasteiger partial charge on any atom is 0.324 e. The maximum absolute atomic E-state index is 12.0. The summed E-state index contributed by atoms with van der Waals surface area (Å²) in [5, 5.41) is 12.3. The molecule has 2 rings (SSSR count). The van der Waals surface area contributed by atoms with E-state index in [2.05, 4.69) is 17.4 Å². The number of aliphatic carboxylic acids is 1. The van der Waals surface area contributed by atoms with Gasteiger partial charge >= 0.3 is 11.9 Å². The SMILES string of the molecule is CCOC(=O)[C@H](CSC1Cc2ccccc2C1)NC(C)C(=O)O. The van der Waals surface area contributed by atoms with Crippen LogP contribution < -0.4 is 5.32 Å². The molecule has 23 heavy (non-hydrogen) atoms. The van der Waals surface area contributed by atoms with Crippen LogP contribution in [0, 0.1) is 0 Å². The molecule has 1 aromatic rings. The average molecular weight is 337 g/mol. The summed E-state index contributed by atoms with van der Waals surface area (Å²) >= 11 is 1.70. The zero-order chi connectivity index (χ0) is 16.8. The molecule has 2 atom stereocenters. The summed E-state index contributed by atoms with van der Waals surface area (Å²) in [6.45, 7) is 3.57. The van der Waals surface area contributed by atoms with Crippen LogP contribution in [0.4, 0.5) is 0 Å². The van der Waals surface area contributed by atoms with Crippen molar-refractivity contribution in [2.75, 3.05) is 12.4 Å². The van der Waals surface area contributed by atoms with Crippen LogP contribution in [-0.2, 0) is 27.2 Å². The summed E-state index contributed by atoms with van der Waals surface area (Å²) in [5.74, 6) is -0.851. The van der Waals surface area contributed by atoms with Gasteiger partial charge in [0.1, 0.15) is 12.1 Å². The van der Waals surface area contributed by atoms with E-state index in [1.54, 1.807) is 18.7 Å². The van der Waals surface area contributed by atoms with Crippen molar-refractivity contribution in [2.24, 2.45) is 0 Å². The average Bonchev–Trinajstić information content (AvgIpc) is 2.93. The van der Waals surface area contributed by atoms with Crippen molar-refractivity contribution >= 4 is 23.7 Å². The van der Waals surface area contributed by atoms with Crippen LogP contribution in [0.1, 0.15) is 25.0 Å². The molecule has 2 N–H and O–H groups in total. The molecule has 1 aliphatic rings. The van der Waals surface area contributed by atoms with Gasteiger partial charge < -0.3 is 9.84 Å². The van der Waals surface area contributed by atoms with Crippen molar-refractivity contribution < 1.29 is 19.4 Å². The van der Waals surface area contributed by atoms with Crippen molar-refractivity contribution in [1.82, 2.24) is 5.32 Å². The Kier molecular flexibility index (Phi) is 6.47. The largest absolute Gasteiger partial charge is 0.480 e. The van der Waals surface area contributed by atoms with Gasteiger partial charge in [-0.2, -0.15) is 11.8 Å². The second kappa shape index (κ2) is 8.36. The van der Waals surface area contributed by atoms with E-state index in [0.29, 0.717) is 11.0 Å². The monoisotopic (exact) mass is 337 g/mol. The first kappa shape index (κ1) is 17.8. The summed E-state index contributed by atoms with van der Waals surface area (Å²) in [7, 11) is 0. The Bertz CT molecular complexity index is 538. The fourth-order valence-corrected chi connectivity index (χ4v) is 3.96. The molecule has 1 aliphatic carbocycles. The minimum atomic E-state index is -0.974. The third-order valence-corrected chi connectivity index (χ3v) is 5.24. The predicted octanol–water partition coefficient (Wildman–Crippen LogP) is 1.88. The molecule has 0 saturated heterocycles. The first-order valence-electron chi connectivity index (χ1n) is 7.85. The predicted molar refractivity (Wildman–Crippen MR) is 90.8 cm³/mol. The number of nitrogens with one attached hydrogen (secondary N) is 1. The number of carboxylic acids is 1. The van der Waals surface area contributed by atoms with Gasteiger partial charge in [0.2, 0.25) is 0 Å². The fourth-order valence-electron chi connectivity index (χ4n) is 2.67. The number of carbonyl (C=O) groups excluding carboxylic acids is 1. The molecule has 0 amide bonds. The molecular weight excluding hydrogens is 314 g/mol. The van der Waals surface area contributed by atoms with Crippen LogP contribution in [0.3, 0.4) is 0 Å². The highest BCUT2D eigenvalue weighted by Crippen LogP contribution is 2.30. The number of rotatable bonds is 8. The first-order chi connectivity index (χ1) is 11.0. The van der Waals surface area contributed by atoms with Crippen LogP contribution >= 0.6 is 11.8 Å². The Balaban J connectivity index is 1.90. The van der Waals surface area contributed by atoms with Crippen LogP contribution in [0.5, 0.6) is 0 Å². The van der Waals surface area contributed by atoms with E-state index in [-0.39, 0.29) is 12.6 Å². The number of carbonyl (C=O) groups is 2. The molecule has 6 heteroatoms. The Labute approximate surface area is 140 Å². The number of hydrogen-bond donors (Lipinski definition) is 2. The molecule has 0 radical (unpaired) electrons. The second-order valence-electron chi connectivity index (χ2n) is 5.66. The first-order valence-corrected chi connectivity index (χ1v) is 8.90. The Hall–Kier alpha value is -1.53. The van der Waals surface area contributed by atoms with Crippen LogP contribution in [0.15, 0.2) is 24.3 Å². The number of benzene rings is 1. The Morgan fingerprint density at radius 2 is 1.96 bits per heavy atom. The van der Waals surface area contributed by atoms with E-state index in [4.69, 9.17) is 9.84 Å². The standard InChI is InChI=1S/C17H23NO4S/c1-3-22-17(21)15(18-11(2)16(19)20)10-23-14-8-12-6-4-5-7-13(12)9-14/h4-7,11,14-15,18H,3,8-10H2,1-2H3,(H,19,20)/t11?,15-/m0/s1. The van der Waals surface area contributed by atoms with Gasteiger partial charge in [0.05, 0.1) is 6.61 Å². The van der Waals surface area contributed by atoms with Gasteiger partial charge in [-0.25, -0.2) is 0 Å². The summed E-state index contributed by atoms with van der Waals surface area (Å²) < 4.78 is 5.05. The molecule has 0 saturated carbocycles. The van der Waals surface area contributed by atoms with E-state index in [9.17, 15) is 9.59 Å². The van der Waals surface area contributed by atoms with E-state index >= 15 is 0 Å². The Morgan fingerprint density at radius 1 is 1.35 bits per heavy atom. The van der Waals surface area contributed by atoms with Gasteiger partial charge in [-0.3, -0.25) is 14.9 Å². The van der Waals surface area contributed by atoms with E-state index in [1.165, 1.54) is 18.1 Å². The Morgan fingerprint density at radius 3 is 2.48 bits per heavy atom. The van der Waals surface area contributed by atoms with E-state index in [1.807, 2.05) is 12.1 Å². The third kappa shape index (κ3) is 4.97. The highest BCUT2D eigenvalue weighted by atomic mass is 32.2. The molecule has 0 bridgehead atoms. The summed E-state index contributed by atoms with van der Waals surface area (Å²) in [5.41, 5.74) is 2.73. The van der Waals surface area contributed by atoms with Crippen molar-refractivity contribution in [2.45, 2.75) is 44.0 Å². The minimum Gasteiger partial charge on any atom is -0.480 e. The van der Waals surface area contributed by atoms with Crippen molar-refractivity contribution in [1.29, 1.82) is 0 Å². The smallest absolute Gasteiger partial charge is 0.324 e. The van der Waals surface area contributed by atoms with Crippen LogP contribution in [-0.4, -0.2) is 46.7 Å². The summed E-state index contributed by atoms with van der Waals surface area (Å²) in [6.07, 6.45) is 1.98. The lowest BCUT2D eigenvalue weighted by atomic mass is 10.1. The lowest BCUT2D eigenvalue weighted by Crippen LogP contribution is -2.48. The number of thioether (sulfide) groups is 1. The molecule has 1 unspecified atom stereocenters. The molecule has 0 heterocycles. The van der Waals surface area contributed by atoms with Gasteiger partial charge in [-0.05, 0) is 37.8 Å². The van der Waals surface area contributed by atoms with Crippen LogP contribution in [0.25, 0.3) is 0 Å². The highest BCUT2D eigenvalue weighted by molar-refractivity contribution is 8.00. The van der Waals surface area contributed by atoms with Crippen molar-refractivity contribution in [3.8, 4) is 0 Å². The van der Waals surface area contributed by atoms with Crippen molar-refractivity contribution in [3.63, 3.8) is 0 Å². The third-order valence-electron chi connectivity index (χ3n) is 3.90. The molecule has 0 fully saturated rings. The van der Waals surface area contributed by atoms with Gasteiger partial charge in [0.15, 0.2) is 0 Å². The second-order valence-corrected chi connectivity index (χ2v) is 7.00. The molecule has 0 aromatic heterocycles. The topological polar surface area (TPSA) is 75.6 Å². The molecule has 0 spiro atoms. The van der Waals surface area contributed by atoms with Gasteiger partial charge in [-0.1, -0.05) is 24.3 Å². The molecule has 5 nitrogen and oxygen atoms in total. The lowest BCUT2D eigenvalue weighted by molar-refractivity contribution is -0.146. The zero-order valence-corrected chi connectivity index (χ0v) is 14.3. The lowest BCUT2D eigenvalue weighted by Gasteiger charge is -2.21. The molecule has 126 valence electrons. The van der Waals surface area contributed by atoms with Crippen molar-refractivity contribution in [3.05, 3.63) is 35.4 Å². The number of ether oxygens (including phenoxy) is 1. The fraction of sp³-hybridized carbons (Fsp3) is 0.529. The summed E-state index contributed by atoms with van der Waals surface area (Å²) in [4.78, 5) is 23.0. The van der Waals surface area contributed by atoms with E-state index in [0.717, 1.165) is 12.8 Å². The molecular formula is C17H23NO4S. The maximum atomic E-state index is 12.0. The number of esters is 1. The molecule has 0 aliphatic heterocycles. The quantitative estimate of drug-likeness (QED) is 0.706.